The molecule has 0 saturated heterocycles. The van der Waals surface area contributed by atoms with Crippen LogP contribution in [-0.4, -0.2) is 22.6 Å². The van der Waals surface area contributed by atoms with E-state index in [2.05, 4.69) is 15.5 Å². The summed E-state index contributed by atoms with van der Waals surface area (Å²) in [5.41, 5.74) is 6.16. The molecule has 0 unspecified atom stereocenters. The fourth-order valence-electron chi connectivity index (χ4n) is 1.41. The summed E-state index contributed by atoms with van der Waals surface area (Å²) >= 11 is 0. The van der Waals surface area contributed by atoms with E-state index in [1.165, 1.54) is 0 Å². The van der Waals surface area contributed by atoms with Crippen LogP contribution in [0.15, 0.2) is 6.07 Å². The minimum atomic E-state index is -0.313. The number of H-pyrrole nitrogens is 1. The average Bonchev–Trinajstić information content (AvgIpc) is 2.87. The van der Waals surface area contributed by atoms with Crippen molar-refractivity contribution in [2.45, 2.75) is 19.8 Å². The second kappa shape index (κ2) is 3.09. The zero-order valence-corrected chi connectivity index (χ0v) is 8.13. The van der Waals surface area contributed by atoms with Gasteiger partial charge in [0.25, 0.3) is 0 Å². The number of anilines is 1. The van der Waals surface area contributed by atoms with Gasteiger partial charge < -0.3 is 11.1 Å². The van der Waals surface area contributed by atoms with Crippen LogP contribution in [0.5, 0.6) is 0 Å². The van der Waals surface area contributed by atoms with Crippen molar-refractivity contribution in [2.24, 2.45) is 11.1 Å². The number of amides is 1. The molecule has 1 aromatic rings. The smallest absolute Gasteiger partial charge is 0.233 e. The van der Waals surface area contributed by atoms with Crippen LogP contribution >= 0.6 is 0 Å². The van der Waals surface area contributed by atoms with Crippen molar-refractivity contribution in [2.75, 3.05) is 11.9 Å². The Kier molecular flexibility index (Phi) is 2.03. The zero-order valence-electron chi connectivity index (χ0n) is 8.13. The van der Waals surface area contributed by atoms with Gasteiger partial charge in [0, 0.05) is 18.3 Å². The molecule has 0 bridgehead atoms. The first kappa shape index (κ1) is 9.21. The molecule has 0 radical (unpaired) electrons. The number of nitrogens with one attached hydrogen (secondary N) is 2. The minimum Gasteiger partial charge on any atom is -0.329 e. The SMILES string of the molecule is Cc1cc(NC(=O)C2(CN)CC2)n[nH]1. The highest BCUT2D eigenvalue weighted by Gasteiger charge is 2.48. The molecule has 76 valence electrons. The molecule has 5 nitrogen and oxygen atoms in total. The molecule has 14 heavy (non-hydrogen) atoms. The van der Waals surface area contributed by atoms with Crippen molar-refractivity contribution >= 4 is 11.7 Å². The summed E-state index contributed by atoms with van der Waals surface area (Å²) in [5.74, 6) is 0.568. The van der Waals surface area contributed by atoms with Crippen LogP contribution in [0.1, 0.15) is 18.5 Å². The maximum Gasteiger partial charge on any atom is 0.233 e. The number of nitrogens with two attached hydrogens (primary N) is 1. The number of aromatic nitrogens is 2. The Bertz CT molecular complexity index is 353. The monoisotopic (exact) mass is 194 g/mol. The van der Waals surface area contributed by atoms with Crippen LogP contribution in [0, 0.1) is 12.3 Å². The highest BCUT2D eigenvalue weighted by molar-refractivity contribution is 5.96. The van der Waals surface area contributed by atoms with Gasteiger partial charge in [0.05, 0.1) is 5.41 Å². The zero-order chi connectivity index (χ0) is 10.2. The topological polar surface area (TPSA) is 83.8 Å². The van der Waals surface area contributed by atoms with Crippen molar-refractivity contribution in [3.05, 3.63) is 11.8 Å². The van der Waals surface area contributed by atoms with Crippen LogP contribution in [0.2, 0.25) is 0 Å². The Labute approximate surface area is 82.1 Å². The van der Waals surface area contributed by atoms with Gasteiger partial charge >= 0.3 is 0 Å². The van der Waals surface area contributed by atoms with Crippen molar-refractivity contribution in [1.82, 2.24) is 10.2 Å². The van der Waals surface area contributed by atoms with Crippen LogP contribution < -0.4 is 11.1 Å². The Hall–Kier alpha value is -1.36. The molecular weight excluding hydrogens is 180 g/mol. The number of aromatic amines is 1. The van der Waals surface area contributed by atoms with Crippen molar-refractivity contribution in [3.63, 3.8) is 0 Å². The van der Waals surface area contributed by atoms with Crippen LogP contribution in [0.3, 0.4) is 0 Å². The Morgan fingerprint density at radius 1 is 1.79 bits per heavy atom. The summed E-state index contributed by atoms with van der Waals surface area (Å²) in [5, 5.41) is 9.46. The predicted octanol–water partition coefficient (Wildman–Crippen LogP) is 0.396. The molecule has 2 rings (SSSR count). The molecule has 0 aromatic carbocycles. The van der Waals surface area contributed by atoms with E-state index in [4.69, 9.17) is 5.73 Å². The maximum atomic E-state index is 11.7. The first-order valence-electron chi connectivity index (χ1n) is 4.70. The second-order valence-corrected chi connectivity index (χ2v) is 3.87. The van der Waals surface area contributed by atoms with Gasteiger partial charge in [-0.05, 0) is 19.8 Å². The number of rotatable bonds is 3. The fourth-order valence-corrected chi connectivity index (χ4v) is 1.41. The summed E-state index contributed by atoms with van der Waals surface area (Å²) in [6.07, 6.45) is 1.78. The first-order valence-corrected chi connectivity index (χ1v) is 4.70. The summed E-state index contributed by atoms with van der Waals surface area (Å²) in [7, 11) is 0. The van der Waals surface area contributed by atoms with Gasteiger partial charge in [0.2, 0.25) is 5.91 Å². The predicted molar refractivity (Wildman–Crippen MR) is 52.7 cm³/mol. The largest absolute Gasteiger partial charge is 0.329 e. The molecule has 0 spiro atoms. The number of hydrogen-bond donors (Lipinski definition) is 3. The molecular formula is C9H14N4O. The Morgan fingerprint density at radius 2 is 2.50 bits per heavy atom. The van der Waals surface area contributed by atoms with E-state index in [1.54, 1.807) is 6.07 Å². The lowest BCUT2D eigenvalue weighted by molar-refractivity contribution is -0.120. The second-order valence-electron chi connectivity index (χ2n) is 3.87. The molecule has 1 fully saturated rings. The maximum absolute atomic E-state index is 11.7. The minimum absolute atomic E-state index is 0.00787. The summed E-state index contributed by atoms with van der Waals surface area (Å²) in [4.78, 5) is 11.7. The first-order chi connectivity index (χ1) is 6.66. The molecule has 4 N–H and O–H groups in total. The third-order valence-corrected chi connectivity index (χ3v) is 2.67. The van der Waals surface area contributed by atoms with Gasteiger partial charge in [-0.1, -0.05) is 0 Å². The average molecular weight is 194 g/mol. The molecule has 0 aliphatic heterocycles. The number of carbonyl (C=O) groups is 1. The lowest BCUT2D eigenvalue weighted by atomic mass is 10.1. The molecule has 1 aromatic heterocycles. The molecule has 5 heteroatoms. The van der Waals surface area contributed by atoms with Crippen molar-refractivity contribution in [3.8, 4) is 0 Å². The van der Waals surface area contributed by atoms with Crippen molar-refractivity contribution in [1.29, 1.82) is 0 Å². The molecule has 1 heterocycles. The number of nitrogens with zero attached hydrogens (tertiary/aromatic N) is 1. The van der Waals surface area contributed by atoms with Crippen LogP contribution in [0.4, 0.5) is 5.82 Å². The number of carbonyl (C=O) groups excluding carboxylic acids is 1. The van der Waals surface area contributed by atoms with E-state index < -0.39 is 0 Å². The van der Waals surface area contributed by atoms with Gasteiger partial charge in [0.15, 0.2) is 5.82 Å². The van der Waals surface area contributed by atoms with E-state index in [0.29, 0.717) is 12.4 Å². The van der Waals surface area contributed by atoms with E-state index in [9.17, 15) is 4.79 Å². The van der Waals surface area contributed by atoms with Gasteiger partial charge in [-0.2, -0.15) is 5.10 Å². The molecule has 1 aliphatic carbocycles. The molecule has 0 atom stereocenters. The van der Waals surface area contributed by atoms with E-state index in [0.717, 1.165) is 18.5 Å². The fraction of sp³-hybridized carbons (Fsp3) is 0.556. The van der Waals surface area contributed by atoms with E-state index >= 15 is 0 Å². The summed E-state index contributed by atoms with van der Waals surface area (Å²) < 4.78 is 0. The van der Waals surface area contributed by atoms with E-state index in [-0.39, 0.29) is 11.3 Å². The van der Waals surface area contributed by atoms with Gasteiger partial charge in [-0.3, -0.25) is 9.89 Å². The Balaban J connectivity index is 2.01. The summed E-state index contributed by atoms with van der Waals surface area (Å²) in [6, 6.07) is 1.80. The van der Waals surface area contributed by atoms with Gasteiger partial charge in [0.1, 0.15) is 0 Å². The van der Waals surface area contributed by atoms with Gasteiger partial charge in [-0.25, -0.2) is 0 Å². The van der Waals surface area contributed by atoms with E-state index in [1.807, 2.05) is 6.92 Å². The quantitative estimate of drug-likeness (QED) is 0.651. The summed E-state index contributed by atoms with van der Waals surface area (Å²) in [6.45, 7) is 2.31. The Morgan fingerprint density at radius 3 is 2.93 bits per heavy atom. The van der Waals surface area contributed by atoms with Crippen LogP contribution in [0.25, 0.3) is 0 Å². The normalized spacial score (nSPS) is 17.9. The van der Waals surface area contributed by atoms with Crippen LogP contribution in [-0.2, 0) is 4.79 Å². The third kappa shape index (κ3) is 1.50. The lowest BCUT2D eigenvalue weighted by Gasteiger charge is -2.10. The highest BCUT2D eigenvalue weighted by Crippen LogP contribution is 2.45. The standard InChI is InChI=1S/C9H14N4O/c1-6-4-7(13-12-6)11-8(14)9(5-10)2-3-9/h4H,2-3,5,10H2,1H3,(H2,11,12,13,14). The molecule has 1 amide bonds. The highest BCUT2D eigenvalue weighted by atomic mass is 16.2. The van der Waals surface area contributed by atoms with Gasteiger partial charge in [-0.15, -0.1) is 0 Å². The third-order valence-electron chi connectivity index (χ3n) is 2.67. The number of hydrogen-bond acceptors (Lipinski definition) is 3. The molecule has 1 aliphatic rings. The lowest BCUT2D eigenvalue weighted by Crippen LogP contribution is -2.30. The molecule has 1 saturated carbocycles. The number of aryl methyl sites for hydroxylation is 1. The van der Waals surface area contributed by atoms with Crippen molar-refractivity contribution < 1.29 is 4.79 Å².